The highest BCUT2D eigenvalue weighted by molar-refractivity contribution is 7.89. The summed E-state index contributed by atoms with van der Waals surface area (Å²) in [6.45, 7) is 2.48. The third kappa shape index (κ3) is 3.40. The van der Waals surface area contributed by atoms with Crippen LogP contribution < -0.4 is 10.0 Å². The van der Waals surface area contributed by atoms with Gasteiger partial charge >= 0.3 is 0 Å². The monoisotopic (exact) mass is 379 g/mol. The molecular formula is C17H18FN3O4S. The molecule has 0 saturated carbocycles. The molecule has 0 radical (unpaired) electrons. The average molecular weight is 379 g/mol. The Bertz CT molecular complexity index is 964. The number of hydrogen-bond donors (Lipinski definition) is 1. The standard InChI is InChI=1S/C17H18FN3O4S/c1-11-8-16(13-4-2-3-5-14(13)18)20(10-11)15-7-6-12(26(19,24)25)9-17(15)21(22)23/h2-7,9,11,16H,8,10H2,1H3,(H2,19,24,25). The molecule has 9 heteroatoms. The summed E-state index contributed by atoms with van der Waals surface area (Å²) in [5.74, 6) is -0.183. The second kappa shape index (κ2) is 6.65. The molecule has 1 fully saturated rings. The molecule has 3 rings (SSSR count). The summed E-state index contributed by atoms with van der Waals surface area (Å²) >= 11 is 0. The van der Waals surface area contributed by atoms with Crippen LogP contribution in [0, 0.1) is 21.8 Å². The first-order chi connectivity index (χ1) is 12.2. The largest absolute Gasteiger partial charge is 0.359 e. The van der Waals surface area contributed by atoms with Crippen LogP contribution in [-0.4, -0.2) is 19.9 Å². The summed E-state index contributed by atoms with van der Waals surface area (Å²) in [7, 11) is -4.07. The Morgan fingerprint density at radius 2 is 1.96 bits per heavy atom. The molecule has 0 bridgehead atoms. The van der Waals surface area contributed by atoms with E-state index in [0.29, 0.717) is 18.5 Å². The van der Waals surface area contributed by atoms with Crippen LogP contribution in [-0.2, 0) is 10.0 Å². The Morgan fingerprint density at radius 1 is 1.27 bits per heavy atom. The van der Waals surface area contributed by atoms with Gasteiger partial charge in [0, 0.05) is 18.2 Å². The van der Waals surface area contributed by atoms with Crippen LogP contribution >= 0.6 is 0 Å². The van der Waals surface area contributed by atoms with Crippen molar-refractivity contribution in [2.75, 3.05) is 11.4 Å². The van der Waals surface area contributed by atoms with Gasteiger partial charge in [-0.15, -0.1) is 0 Å². The Labute approximate surface area is 150 Å². The number of rotatable bonds is 4. The first-order valence-electron chi connectivity index (χ1n) is 8.01. The van der Waals surface area contributed by atoms with Crippen LogP contribution in [0.2, 0.25) is 0 Å². The van der Waals surface area contributed by atoms with E-state index < -0.39 is 14.9 Å². The molecule has 0 aromatic heterocycles. The van der Waals surface area contributed by atoms with Crippen LogP contribution in [0.25, 0.3) is 0 Å². The first kappa shape index (κ1) is 18.3. The second-order valence-corrected chi connectivity index (χ2v) is 8.04. The zero-order valence-electron chi connectivity index (χ0n) is 14.0. The molecule has 0 spiro atoms. The lowest BCUT2D eigenvalue weighted by molar-refractivity contribution is -0.384. The van der Waals surface area contributed by atoms with E-state index in [1.807, 2.05) is 6.92 Å². The topological polar surface area (TPSA) is 107 Å². The maximum atomic E-state index is 14.3. The molecule has 138 valence electrons. The first-order valence-corrected chi connectivity index (χ1v) is 9.55. The Kier molecular flexibility index (Phi) is 4.68. The van der Waals surface area contributed by atoms with Crippen molar-refractivity contribution in [3.63, 3.8) is 0 Å². The molecule has 2 N–H and O–H groups in total. The highest BCUT2D eigenvalue weighted by Crippen LogP contribution is 2.43. The second-order valence-electron chi connectivity index (χ2n) is 6.48. The number of nitro groups is 1. The van der Waals surface area contributed by atoms with Crippen molar-refractivity contribution >= 4 is 21.4 Å². The lowest BCUT2D eigenvalue weighted by atomic mass is 10.00. The average Bonchev–Trinajstić information content (AvgIpc) is 2.95. The normalized spacial score (nSPS) is 20.3. The van der Waals surface area contributed by atoms with E-state index in [-0.39, 0.29) is 34.0 Å². The van der Waals surface area contributed by atoms with Crippen LogP contribution in [0.15, 0.2) is 47.4 Å². The number of hydrogen-bond acceptors (Lipinski definition) is 5. The molecule has 7 nitrogen and oxygen atoms in total. The van der Waals surface area contributed by atoms with Gasteiger partial charge in [-0.25, -0.2) is 17.9 Å². The van der Waals surface area contributed by atoms with Gasteiger partial charge in [0.2, 0.25) is 10.0 Å². The van der Waals surface area contributed by atoms with Crippen LogP contribution in [0.5, 0.6) is 0 Å². The van der Waals surface area contributed by atoms with Gasteiger partial charge in [-0.3, -0.25) is 10.1 Å². The minimum Gasteiger partial charge on any atom is -0.359 e. The number of halogens is 1. The van der Waals surface area contributed by atoms with Crippen molar-refractivity contribution in [3.8, 4) is 0 Å². The fourth-order valence-electron chi connectivity index (χ4n) is 3.42. The van der Waals surface area contributed by atoms with Crippen LogP contribution in [0.4, 0.5) is 15.8 Å². The van der Waals surface area contributed by atoms with E-state index in [0.717, 1.165) is 6.07 Å². The number of nitro benzene ring substituents is 1. The van der Waals surface area contributed by atoms with E-state index >= 15 is 0 Å². The number of benzene rings is 2. The van der Waals surface area contributed by atoms with Crippen molar-refractivity contribution in [1.82, 2.24) is 0 Å². The molecule has 2 aromatic carbocycles. The number of anilines is 1. The quantitative estimate of drug-likeness (QED) is 0.649. The number of nitrogens with zero attached hydrogens (tertiary/aromatic N) is 2. The number of nitrogens with two attached hydrogens (primary N) is 1. The van der Waals surface area contributed by atoms with Gasteiger partial charge < -0.3 is 4.90 Å². The van der Waals surface area contributed by atoms with Gasteiger partial charge in [-0.05, 0) is 30.5 Å². The lowest BCUT2D eigenvalue weighted by Gasteiger charge is -2.27. The maximum Gasteiger partial charge on any atom is 0.293 e. The number of sulfonamides is 1. The molecule has 1 aliphatic heterocycles. The third-order valence-corrected chi connectivity index (χ3v) is 5.47. The van der Waals surface area contributed by atoms with E-state index in [1.165, 1.54) is 18.2 Å². The smallest absolute Gasteiger partial charge is 0.293 e. The highest BCUT2D eigenvalue weighted by atomic mass is 32.2. The summed E-state index contributed by atoms with van der Waals surface area (Å²) in [5, 5.41) is 16.6. The Morgan fingerprint density at radius 3 is 2.58 bits per heavy atom. The number of primary sulfonamides is 1. The molecule has 0 aliphatic carbocycles. The minimum absolute atomic E-state index is 0.192. The predicted molar refractivity (Wildman–Crippen MR) is 94.7 cm³/mol. The van der Waals surface area contributed by atoms with Crippen molar-refractivity contribution in [2.24, 2.45) is 11.1 Å². The van der Waals surface area contributed by atoms with Gasteiger partial charge in [-0.2, -0.15) is 0 Å². The van der Waals surface area contributed by atoms with Crippen molar-refractivity contribution in [1.29, 1.82) is 0 Å². The molecule has 1 saturated heterocycles. The van der Waals surface area contributed by atoms with Gasteiger partial charge in [0.15, 0.2) is 0 Å². The SMILES string of the molecule is CC1CC(c2ccccc2F)N(c2ccc(S(N)(=O)=O)cc2[N+](=O)[O-])C1. The lowest BCUT2D eigenvalue weighted by Crippen LogP contribution is -2.25. The van der Waals surface area contributed by atoms with Crippen molar-refractivity contribution < 1.29 is 17.7 Å². The fourth-order valence-corrected chi connectivity index (χ4v) is 3.96. The fraction of sp³-hybridized carbons (Fsp3) is 0.294. The van der Waals surface area contributed by atoms with Crippen molar-refractivity contribution in [2.45, 2.75) is 24.3 Å². The highest BCUT2D eigenvalue weighted by Gasteiger charge is 2.36. The van der Waals surface area contributed by atoms with E-state index in [9.17, 15) is 22.9 Å². The zero-order chi connectivity index (χ0) is 19.1. The van der Waals surface area contributed by atoms with E-state index in [2.05, 4.69) is 0 Å². The van der Waals surface area contributed by atoms with Gasteiger partial charge in [0.1, 0.15) is 11.5 Å². The molecule has 2 unspecified atom stereocenters. The molecule has 1 heterocycles. The molecule has 2 atom stereocenters. The predicted octanol–water partition coefficient (Wildman–Crippen LogP) is 2.97. The van der Waals surface area contributed by atoms with Crippen molar-refractivity contribution in [3.05, 3.63) is 64.0 Å². The molecule has 26 heavy (non-hydrogen) atoms. The van der Waals surface area contributed by atoms with E-state index in [4.69, 9.17) is 5.14 Å². The summed E-state index contributed by atoms with van der Waals surface area (Å²) < 4.78 is 37.3. The summed E-state index contributed by atoms with van der Waals surface area (Å²) in [6.07, 6.45) is 0.634. The van der Waals surface area contributed by atoms with Crippen LogP contribution in [0.1, 0.15) is 24.9 Å². The van der Waals surface area contributed by atoms with Crippen LogP contribution in [0.3, 0.4) is 0 Å². The summed E-state index contributed by atoms with van der Waals surface area (Å²) in [5.41, 5.74) is 0.341. The third-order valence-electron chi connectivity index (χ3n) is 4.56. The zero-order valence-corrected chi connectivity index (χ0v) is 14.8. The molecular weight excluding hydrogens is 361 g/mol. The Hall–Kier alpha value is -2.52. The molecule has 0 amide bonds. The van der Waals surface area contributed by atoms with E-state index in [1.54, 1.807) is 23.1 Å². The summed E-state index contributed by atoms with van der Waals surface area (Å²) in [6, 6.07) is 9.51. The van der Waals surface area contributed by atoms with Gasteiger partial charge in [0.25, 0.3) is 5.69 Å². The summed E-state index contributed by atoms with van der Waals surface area (Å²) in [4.78, 5) is 12.3. The molecule has 2 aromatic rings. The maximum absolute atomic E-state index is 14.3. The van der Waals surface area contributed by atoms with Gasteiger partial charge in [0.05, 0.1) is 15.9 Å². The Balaban J connectivity index is 2.12. The van der Waals surface area contributed by atoms with Gasteiger partial charge in [-0.1, -0.05) is 25.1 Å². The molecule has 1 aliphatic rings. The minimum atomic E-state index is -4.07.